The molecule has 98 valence electrons. The number of methoxy groups -OCH3 is 1. The lowest BCUT2D eigenvalue weighted by Gasteiger charge is -2.33. The van der Waals surface area contributed by atoms with E-state index in [9.17, 15) is 9.90 Å². The Morgan fingerprint density at radius 3 is 2.71 bits per heavy atom. The van der Waals surface area contributed by atoms with Gasteiger partial charge in [0.2, 0.25) is 0 Å². The van der Waals surface area contributed by atoms with Crippen LogP contribution < -0.4 is 0 Å². The Labute approximate surface area is 102 Å². The van der Waals surface area contributed by atoms with E-state index in [1.807, 2.05) is 20.8 Å². The van der Waals surface area contributed by atoms with Crippen LogP contribution in [0.4, 0.5) is 4.79 Å². The fourth-order valence-electron chi connectivity index (χ4n) is 1.79. The van der Waals surface area contributed by atoms with Gasteiger partial charge in [-0.15, -0.1) is 0 Å². The molecule has 0 aromatic rings. The van der Waals surface area contributed by atoms with Crippen LogP contribution in [0.2, 0.25) is 0 Å². The smallest absolute Gasteiger partial charge is 0.413 e. The molecule has 1 heterocycles. The van der Waals surface area contributed by atoms with Crippen LogP contribution in [0, 0.1) is 0 Å². The lowest BCUT2D eigenvalue weighted by molar-refractivity contribution is -0.0478. The number of ether oxygens (including phenoxy) is 2. The normalized spacial score (nSPS) is 21.1. The molecule has 0 saturated carbocycles. The summed E-state index contributed by atoms with van der Waals surface area (Å²) in [5.41, 5.74) is 0.298. The summed E-state index contributed by atoms with van der Waals surface area (Å²) >= 11 is 0. The van der Waals surface area contributed by atoms with E-state index in [2.05, 4.69) is 4.74 Å². The van der Waals surface area contributed by atoms with Gasteiger partial charge in [-0.3, -0.25) is 4.90 Å². The number of rotatable bonds is 2. The summed E-state index contributed by atoms with van der Waals surface area (Å²) < 4.78 is 10.5. The van der Waals surface area contributed by atoms with Crippen LogP contribution in [0.25, 0.3) is 0 Å². The molecule has 1 rings (SSSR count). The number of carbonyl (C=O) groups is 1. The van der Waals surface area contributed by atoms with Gasteiger partial charge in [-0.2, -0.15) is 0 Å². The molecular formula is C12H21NO4. The summed E-state index contributed by atoms with van der Waals surface area (Å²) in [5, 5.41) is 9.25. The van der Waals surface area contributed by atoms with Crippen molar-refractivity contribution < 1.29 is 19.4 Å². The van der Waals surface area contributed by atoms with Crippen LogP contribution in [0.15, 0.2) is 11.8 Å². The van der Waals surface area contributed by atoms with Crippen LogP contribution >= 0.6 is 0 Å². The van der Waals surface area contributed by atoms with Crippen molar-refractivity contribution in [1.82, 2.24) is 4.90 Å². The highest BCUT2D eigenvalue weighted by Gasteiger charge is 2.27. The Balaban J connectivity index is 2.75. The van der Waals surface area contributed by atoms with Gasteiger partial charge in [-0.25, -0.2) is 4.79 Å². The Bertz CT molecular complexity index is 306. The zero-order chi connectivity index (χ0) is 13.1. The predicted molar refractivity (Wildman–Crippen MR) is 63.5 cm³/mol. The van der Waals surface area contributed by atoms with E-state index in [-0.39, 0.29) is 18.3 Å². The third-order valence-corrected chi connectivity index (χ3v) is 2.42. The maximum atomic E-state index is 11.4. The number of carbonyl (C=O) groups excluding carboxylic acids is 1. The van der Waals surface area contributed by atoms with Crippen LogP contribution in [0.5, 0.6) is 0 Å². The molecule has 0 fully saturated rings. The van der Waals surface area contributed by atoms with Gasteiger partial charge < -0.3 is 14.6 Å². The number of amides is 1. The summed E-state index contributed by atoms with van der Waals surface area (Å²) in [6.07, 6.45) is 1.97. The molecule has 0 bridgehead atoms. The summed E-state index contributed by atoms with van der Waals surface area (Å²) in [4.78, 5) is 12.9. The van der Waals surface area contributed by atoms with Crippen molar-refractivity contribution in [3.63, 3.8) is 0 Å². The average molecular weight is 243 g/mol. The van der Waals surface area contributed by atoms with Crippen LogP contribution in [-0.2, 0) is 9.47 Å². The molecule has 0 aromatic carbocycles. The van der Waals surface area contributed by atoms with Gasteiger partial charge in [0, 0.05) is 12.2 Å². The SMILES string of the molecule is COC(=O)N1CCC(OC(C)(C)C)C=C1CO. The molecule has 0 aromatic heterocycles. The minimum absolute atomic E-state index is 0.0712. The minimum atomic E-state index is -0.445. The molecule has 0 radical (unpaired) electrons. The third-order valence-electron chi connectivity index (χ3n) is 2.42. The first-order valence-electron chi connectivity index (χ1n) is 5.72. The first-order valence-corrected chi connectivity index (χ1v) is 5.72. The topological polar surface area (TPSA) is 59.0 Å². The van der Waals surface area contributed by atoms with Gasteiger partial charge in [-0.05, 0) is 33.3 Å². The largest absolute Gasteiger partial charge is 0.452 e. The number of hydrogen-bond donors (Lipinski definition) is 1. The molecule has 1 amide bonds. The number of aliphatic hydroxyl groups is 1. The summed E-state index contributed by atoms with van der Waals surface area (Å²) in [6, 6.07) is 0. The molecular weight excluding hydrogens is 222 g/mol. The lowest BCUT2D eigenvalue weighted by atomic mass is 10.1. The fraction of sp³-hybridized carbons (Fsp3) is 0.750. The van der Waals surface area contributed by atoms with E-state index in [0.717, 1.165) is 0 Å². The van der Waals surface area contributed by atoms with Crippen molar-refractivity contribution in [3.8, 4) is 0 Å². The summed E-state index contributed by atoms with van der Waals surface area (Å²) in [6.45, 7) is 6.24. The monoisotopic (exact) mass is 243 g/mol. The molecule has 1 aliphatic rings. The van der Waals surface area contributed by atoms with E-state index >= 15 is 0 Å². The summed E-state index contributed by atoms with van der Waals surface area (Å²) in [5.74, 6) is 0. The molecule has 1 aliphatic heterocycles. The van der Waals surface area contributed by atoms with Crippen LogP contribution in [0.3, 0.4) is 0 Å². The Morgan fingerprint density at radius 2 is 2.24 bits per heavy atom. The lowest BCUT2D eigenvalue weighted by Crippen LogP contribution is -2.40. The Morgan fingerprint density at radius 1 is 1.59 bits per heavy atom. The minimum Gasteiger partial charge on any atom is -0.452 e. The van der Waals surface area contributed by atoms with Crippen molar-refractivity contribution in [2.75, 3.05) is 20.3 Å². The maximum Gasteiger partial charge on any atom is 0.413 e. The van der Waals surface area contributed by atoms with E-state index in [1.165, 1.54) is 12.0 Å². The first kappa shape index (κ1) is 14.0. The highest BCUT2D eigenvalue weighted by Crippen LogP contribution is 2.22. The highest BCUT2D eigenvalue weighted by atomic mass is 16.5. The van der Waals surface area contributed by atoms with Crippen LogP contribution in [0.1, 0.15) is 27.2 Å². The standard InChI is InChI=1S/C12H21NO4/c1-12(2,3)17-10-5-6-13(11(15)16-4)9(7-10)8-14/h7,10,14H,5-6,8H2,1-4H3. The van der Waals surface area contributed by atoms with Gasteiger partial charge in [-0.1, -0.05) is 0 Å². The zero-order valence-corrected chi connectivity index (χ0v) is 10.9. The fourth-order valence-corrected chi connectivity index (χ4v) is 1.79. The van der Waals surface area contributed by atoms with E-state index in [4.69, 9.17) is 4.74 Å². The van der Waals surface area contributed by atoms with Crippen molar-refractivity contribution >= 4 is 6.09 Å². The van der Waals surface area contributed by atoms with E-state index in [0.29, 0.717) is 18.7 Å². The van der Waals surface area contributed by atoms with Crippen molar-refractivity contribution in [2.45, 2.75) is 38.9 Å². The Kier molecular flexibility index (Phi) is 4.54. The maximum absolute atomic E-state index is 11.4. The highest BCUT2D eigenvalue weighted by molar-refractivity contribution is 5.70. The van der Waals surface area contributed by atoms with Crippen molar-refractivity contribution in [3.05, 3.63) is 11.8 Å². The summed E-state index contributed by atoms with van der Waals surface area (Å²) in [7, 11) is 1.33. The molecule has 0 aliphatic carbocycles. The average Bonchev–Trinajstić information content (AvgIpc) is 2.25. The molecule has 5 nitrogen and oxygen atoms in total. The number of aliphatic hydroxyl groups excluding tert-OH is 1. The van der Waals surface area contributed by atoms with Gasteiger partial charge in [0.05, 0.1) is 25.4 Å². The number of hydrogen-bond acceptors (Lipinski definition) is 4. The molecule has 5 heteroatoms. The quantitative estimate of drug-likeness (QED) is 0.798. The molecule has 0 saturated heterocycles. The van der Waals surface area contributed by atoms with E-state index in [1.54, 1.807) is 6.08 Å². The van der Waals surface area contributed by atoms with Gasteiger partial charge in [0.25, 0.3) is 0 Å². The second-order valence-electron chi connectivity index (χ2n) is 5.00. The second-order valence-corrected chi connectivity index (χ2v) is 5.00. The van der Waals surface area contributed by atoms with Crippen LogP contribution in [-0.4, -0.2) is 48.1 Å². The molecule has 17 heavy (non-hydrogen) atoms. The Hall–Kier alpha value is -1.07. The molecule has 1 atom stereocenters. The third kappa shape index (κ3) is 4.02. The van der Waals surface area contributed by atoms with E-state index < -0.39 is 6.09 Å². The molecule has 0 spiro atoms. The van der Waals surface area contributed by atoms with Gasteiger partial charge >= 0.3 is 6.09 Å². The zero-order valence-electron chi connectivity index (χ0n) is 10.9. The van der Waals surface area contributed by atoms with Crippen molar-refractivity contribution in [2.24, 2.45) is 0 Å². The molecule has 1 unspecified atom stereocenters. The first-order chi connectivity index (χ1) is 7.87. The van der Waals surface area contributed by atoms with Crippen molar-refractivity contribution in [1.29, 1.82) is 0 Å². The number of nitrogens with zero attached hydrogens (tertiary/aromatic N) is 1. The van der Waals surface area contributed by atoms with Gasteiger partial charge in [0.15, 0.2) is 0 Å². The second kappa shape index (κ2) is 5.51. The van der Waals surface area contributed by atoms with Gasteiger partial charge in [0.1, 0.15) is 0 Å². The molecule has 1 N–H and O–H groups in total. The predicted octanol–water partition coefficient (Wildman–Crippen LogP) is 1.52.